The first-order valence-corrected chi connectivity index (χ1v) is 6.12. The van der Waals surface area contributed by atoms with Gasteiger partial charge in [0.2, 0.25) is 0 Å². The van der Waals surface area contributed by atoms with Gasteiger partial charge in [0.1, 0.15) is 5.41 Å². The van der Waals surface area contributed by atoms with Crippen molar-refractivity contribution in [1.82, 2.24) is 4.98 Å². The molecule has 1 rings (SSSR count). The predicted octanol–water partition coefficient (Wildman–Crippen LogP) is 2.89. The second-order valence-electron chi connectivity index (χ2n) is 5.40. The van der Waals surface area contributed by atoms with Gasteiger partial charge in [-0.3, -0.25) is 4.79 Å². The van der Waals surface area contributed by atoms with E-state index in [4.69, 9.17) is 4.74 Å². The Hall–Kier alpha value is -0.900. The maximum atomic E-state index is 11.6. The lowest BCUT2D eigenvalue weighted by molar-refractivity contribution is -0.146. The molecule has 0 radical (unpaired) electrons. The SMILES string of the molecule is COC(=O)C(C)(C)c1csc(C(C)(C)C)n1. The molecule has 90 valence electrons. The van der Waals surface area contributed by atoms with Gasteiger partial charge in [-0.25, -0.2) is 4.98 Å². The summed E-state index contributed by atoms with van der Waals surface area (Å²) in [6.07, 6.45) is 0. The second-order valence-corrected chi connectivity index (χ2v) is 6.26. The van der Waals surface area contributed by atoms with E-state index >= 15 is 0 Å². The van der Waals surface area contributed by atoms with E-state index in [0.717, 1.165) is 10.7 Å². The molecule has 0 N–H and O–H groups in total. The van der Waals surface area contributed by atoms with Crippen LogP contribution >= 0.6 is 11.3 Å². The van der Waals surface area contributed by atoms with Crippen molar-refractivity contribution in [1.29, 1.82) is 0 Å². The van der Waals surface area contributed by atoms with Gasteiger partial charge in [0.15, 0.2) is 0 Å². The normalized spacial score (nSPS) is 12.6. The van der Waals surface area contributed by atoms with Crippen molar-refractivity contribution in [2.24, 2.45) is 0 Å². The summed E-state index contributed by atoms with van der Waals surface area (Å²) < 4.78 is 4.79. The summed E-state index contributed by atoms with van der Waals surface area (Å²) in [4.78, 5) is 16.2. The lowest BCUT2D eigenvalue weighted by Crippen LogP contribution is -2.30. The molecule has 16 heavy (non-hydrogen) atoms. The van der Waals surface area contributed by atoms with Crippen LogP contribution in [0.3, 0.4) is 0 Å². The van der Waals surface area contributed by atoms with E-state index in [2.05, 4.69) is 25.8 Å². The summed E-state index contributed by atoms with van der Waals surface area (Å²) in [5.74, 6) is -0.252. The monoisotopic (exact) mass is 241 g/mol. The van der Waals surface area contributed by atoms with Crippen molar-refractivity contribution in [3.8, 4) is 0 Å². The second kappa shape index (κ2) is 4.17. The summed E-state index contributed by atoms with van der Waals surface area (Å²) in [6.45, 7) is 10.0. The number of carbonyl (C=O) groups excluding carboxylic acids is 1. The molecule has 0 aliphatic carbocycles. The van der Waals surface area contributed by atoms with Crippen LogP contribution in [0.5, 0.6) is 0 Å². The zero-order valence-corrected chi connectivity index (χ0v) is 11.6. The molecule has 0 bridgehead atoms. The predicted molar refractivity (Wildman–Crippen MR) is 65.9 cm³/mol. The lowest BCUT2D eigenvalue weighted by atomic mass is 9.90. The molecule has 0 unspecified atom stereocenters. The fourth-order valence-electron chi connectivity index (χ4n) is 1.27. The molecule has 3 nitrogen and oxygen atoms in total. The zero-order valence-electron chi connectivity index (χ0n) is 10.7. The molecule has 0 aliphatic rings. The van der Waals surface area contributed by atoms with E-state index in [-0.39, 0.29) is 11.4 Å². The van der Waals surface area contributed by atoms with Gasteiger partial charge in [-0.1, -0.05) is 20.8 Å². The average Bonchev–Trinajstić information content (AvgIpc) is 2.64. The van der Waals surface area contributed by atoms with E-state index in [1.807, 2.05) is 19.2 Å². The smallest absolute Gasteiger partial charge is 0.317 e. The van der Waals surface area contributed by atoms with E-state index in [0.29, 0.717) is 0 Å². The summed E-state index contributed by atoms with van der Waals surface area (Å²) in [5, 5.41) is 2.98. The summed E-state index contributed by atoms with van der Waals surface area (Å²) >= 11 is 1.59. The van der Waals surface area contributed by atoms with Crippen LogP contribution in [0.2, 0.25) is 0 Å². The Labute approximate surface area is 101 Å². The highest BCUT2D eigenvalue weighted by Gasteiger charge is 2.34. The third-order valence-electron chi connectivity index (χ3n) is 2.48. The first-order valence-electron chi connectivity index (χ1n) is 5.24. The minimum Gasteiger partial charge on any atom is -0.468 e. The van der Waals surface area contributed by atoms with Crippen LogP contribution in [0.4, 0.5) is 0 Å². The Bertz CT molecular complexity index is 388. The van der Waals surface area contributed by atoms with Gasteiger partial charge in [-0.2, -0.15) is 0 Å². The number of rotatable bonds is 2. The highest BCUT2D eigenvalue weighted by Crippen LogP contribution is 2.31. The maximum Gasteiger partial charge on any atom is 0.317 e. The van der Waals surface area contributed by atoms with Gasteiger partial charge < -0.3 is 4.74 Å². The van der Waals surface area contributed by atoms with Gasteiger partial charge in [-0.15, -0.1) is 11.3 Å². The topological polar surface area (TPSA) is 39.2 Å². The van der Waals surface area contributed by atoms with Gasteiger partial charge in [0.25, 0.3) is 0 Å². The number of methoxy groups -OCH3 is 1. The molecule has 0 saturated heterocycles. The molecule has 4 heteroatoms. The fourth-order valence-corrected chi connectivity index (χ4v) is 2.34. The van der Waals surface area contributed by atoms with Crippen LogP contribution in [-0.2, 0) is 20.4 Å². The largest absolute Gasteiger partial charge is 0.468 e. The van der Waals surface area contributed by atoms with Gasteiger partial charge in [-0.05, 0) is 13.8 Å². The summed E-state index contributed by atoms with van der Waals surface area (Å²) in [7, 11) is 1.40. The van der Waals surface area contributed by atoms with Gasteiger partial charge >= 0.3 is 5.97 Å². The summed E-state index contributed by atoms with van der Waals surface area (Å²) in [5.41, 5.74) is 0.137. The van der Waals surface area contributed by atoms with Crippen LogP contribution < -0.4 is 0 Å². The Kier molecular flexibility index (Phi) is 3.43. The van der Waals surface area contributed by atoms with Crippen LogP contribution in [0.1, 0.15) is 45.3 Å². The maximum absolute atomic E-state index is 11.6. The van der Waals surface area contributed by atoms with E-state index in [1.165, 1.54) is 7.11 Å². The Morgan fingerprint density at radius 3 is 2.25 bits per heavy atom. The number of esters is 1. The lowest BCUT2D eigenvalue weighted by Gasteiger charge is -2.19. The summed E-state index contributed by atoms with van der Waals surface area (Å²) in [6, 6.07) is 0. The molecular weight excluding hydrogens is 222 g/mol. The van der Waals surface area contributed by atoms with Crippen LogP contribution in [0.25, 0.3) is 0 Å². The molecular formula is C12H19NO2S. The Morgan fingerprint density at radius 1 is 1.31 bits per heavy atom. The molecule has 1 aromatic heterocycles. The fraction of sp³-hybridized carbons (Fsp3) is 0.667. The van der Waals surface area contributed by atoms with E-state index in [1.54, 1.807) is 11.3 Å². The van der Waals surface area contributed by atoms with Crippen LogP contribution in [0, 0.1) is 0 Å². The van der Waals surface area contributed by atoms with Gasteiger partial charge in [0, 0.05) is 10.8 Å². The third kappa shape index (κ3) is 2.43. The minimum atomic E-state index is -0.672. The van der Waals surface area contributed by atoms with Crippen molar-refractivity contribution in [2.75, 3.05) is 7.11 Å². The molecule has 0 spiro atoms. The molecule has 0 fully saturated rings. The van der Waals surface area contributed by atoms with Crippen LogP contribution in [-0.4, -0.2) is 18.1 Å². The number of carbonyl (C=O) groups is 1. The number of thiazole rings is 1. The Morgan fingerprint density at radius 2 is 1.88 bits per heavy atom. The molecule has 1 heterocycles. The van der Waals surface area contributed by atoms with E-state index < -0.39 is 5.41 Å². The molecule has 0 amide bonds. The van der Waals surface area contributed by atoms with Crippen molar-refractivity contribution in [3.63, 3.8) is 0 Å². The third-order valence-corrected chi connectivity index (χ3v) is 3.75. The Balaban J connectivity index is 3.07. The highest BCUT2D eigenvalue weighted by atomic mass is 32.1. The first kappa shape index (κ1) is 13.2. The van der Waals surface area contributed by atoms with Crippen molar-refractivity contribution in [3.05, 3.63) is 16.1 Å². The van der Waals surface area contributed by atoms with Crippen molar-refractivity contribution >= 4 is 17.3 Å². The molecule has 0 saturated carbocycles. The van der Waals surface area contributed by atoms with Gasteiger partial charge in [0.05, 0.1) is 17.8 Å². The molecule has 0 aliphatic heterocycles. The van der Waals surface area contributed by atoms with Crippen LogP contribution in [0.15, 0.2) is 5.38 Å². The van der Waals surface area contributed by atoms with Crippen molar-refractivity contribution in [2.45, 2.75) is 45.4 Å². The number of aromatic nitrogens is 1. The van der Waals surface area contributed by atoms with E-state index in [9.17, 15) is 4.79 Å². The molecule has 0 atom stereocenters. The number of ether oxygens (including phenoxy) is 1. The highest BCUT2D eigenvalue weighted by molar-refractivity contribution is 7.09. The number of hydrogen-bond acceptors (Lipinski definition) is 4. The number of hydrogen-bond donors (Lipinski definition) is 0. The number of nitrogens with zero attached hydrogens (tertiary/aromatic N) is 1. The average molecular weight is 241 g/mol. The molecule has 0 aromatic carbocycles. The minimum absolute atomic E-state index is 0.0229. The standard InChI is InChI=1S/C12H19NO2S/c1-11(2,3)9-13-8(7-16-9)12(4,5)10(14)15-6/h7H,1-6H3. The first-order chi connectivity index (χ1) is 7.19. The quantitative estimate of drug-likeness (QED) is 0.747. The van der Waals surface area contributed by atoms with Crippen molar-refractivity contribution < 1.29 is 9.53 Å². The zero-order chi connectivity index (χ0) is 12.6. The molecule has 1 aromatic rings.